The van der Waals surface area contributed by atoms with Crippen LogP contribution < -0.4 is 5.32 Å². The molecule has 0 fully saturated rings. The van der Waals surface area contributed by atoms with E-state index in [4.69, 9.17) is 4.98 Å². The van der Waals surface area contributed by atoms with Gasteiger partial charge in [-0.3, -0.25) is 4.90 Å². The van der Waals surface area contributed by atoms with Crippen molar-refractivity contribution in [3.8, 4) is 0 Å². The molecule has 5 heteroatoms. The van der Waals surface area contributed by atoms with Crippen LogP contribution in [0.3, 0.4) is 0 Å². The van der Waals surface area contributed by atoms with Gasteiger partial charge in [0.05, 0.1) is 5.69 Å². The predicted octanol–water partition coefficient (Wildman–Crippen LogP) is 5.45. The third-order valence-electron chi connectivity index (χ3n) is 3.88. The Morgan fingerprint density at radius 3 is 2.65 bits per heavy atom. The second kappa shape index (κ2) is 7.25. The van der Waals surface area contributed by atoms with Crippen LogP contribution in [0.15, 0.2) is 47.2 Å². The van der Waals surface area contributed by atoms with E-state index in [1.807, 2.05) is 0 Å². The molecule has 0 aliphatic rings. The number of aryl methyl sites for hydroxylation is 1. The Morgan fingerprint density at radius 1 is 1.17 bits per heavy atom. The third-order valence-corrected chi connectivity index (χ3v) is 5.73. The first-order valence-electron chi connectivity index (χ1n) is 7.63. The summed E-state index contributed by atoms with van der Waals surface area (Å²) in [6.45, 7) is 5.19. The summed E-state index contributed by atoms with van der Waals surface area (Å²) in [6, 6.07) is 13.1. The van der Waals surface area contributed by atoms with E-state index in [-0.39, 0.29) is 0 Å². The largest absolute Gasteiger partial charge is 0.332 e. The fourth-order valence-electron chi connectivity index (χ4n) is 2.34. The summed E-state index contributed by atoms with van der Waals surface area (Å²) < 4.78 is 0. The number of hydrogen-bond donors (Lipinski definition) is 1. The lowest BCUT2D eigenvalue weighted by molar-refractivity contribution is 0.254. The molecule has 3 nitrogen and oxygen atoms in total. The molecule has 1 atom stereocenters. The topological polar surface area (TPSA) is 28.2 Å². The molecule has 1 unspecified atom stereocenters. The molecule has 0 bridgehead atoms. The van der Waals surface area contributed by atoms with Crippen LogP contribution in [-0.4, -0.2) is 16.9 Å². The van der Waals surface area contributed by atoms with Gasteiger partial charge in [0.1, 0.15) is 0 Å². The minimum absolute atomic E-state index is 0.408. The van der Waals surface area contributed by atoms with Gasteiger partial charge in [0.25, 0.3) is 0 Å². The van der Waals surface area contributed by atoms with Crippen LogP contribution in [0.25, 0.3) is 0 Å². The molecule has 0 saturated heterocycles. The Morgan fingerprint density at radius 2 is 1.96 bits per heavy atom. The highest BCUT2D eigenvalue weighted by molar-refractivity contribution is 7.13. The lowest BCUT2D eigenvalue weighted by Crippen LogP contribution is -2.21. The van der Waals surface area contributed by atoms with Crippen molar-refractivity contribution in [2.45, 2.75) is 26.4 Å². The molecule has 120 valence electrons. The van der Waals surface area contributed by atoms with Crippen LogP contribution in [0.4, 0.5) is 10.8 Å². The van der Waals surface area contributed by atoms with E-state index in [0.717, 1.165) is 23.1 Å². The number of benzene rings is 1. The summed E-state index contributed by atoms with van der Waals surface area (Å²) in [4.78, 5) is 8.42. The molecule has 0 radical (unpaired) electrons. The van der Waals surface area contributed by atoms with Crippen LogP contribution in [0.2, 0.25) is 0 Å². The van der Waals surface area contributed by atoms with E-state index in [1.54, 1.807) is 22.7 Å². The molecule has 1 aromatic carbocycles. The molecule has 3 aromatic rings. The van der Waals surface area contributed by atoms with Gasteiger partial charge in [-0.2, -0.15) is 0 Å². The fraction of sp³-hybridized carbons (Fsp3) is 0.278. The van der Waals surface area contributed by atoms with Gasteiger partial charge in [-0.1, -0.05) is 23.8 Å². The second-order valence-electron chi connectivity index (χ2n) is 5.74. The summed E-state index contributed by atoms with van der Waals surface area (Å²) in [5, 5.41) is 8.58. The zero-order chi connectivity index (χ0) is 16.2. The van der Waals surface area contributed by atoms with E-state index in [2.05, 4.69) is 78.3 Å². The quantitative estimate of drug-likeness (QED) is 0.645. The number of nitrogens with zero attached hydrogens (tertiary/aromatic N) is 2. The summed E-state index contributed by atoms with van der Waals surface area (Å²) in [6.07, 6.45) is 0. The van der Waals surface area contributed by atoms with Crippen LogP contribution in [0.5, 0.6) is 0 Å². The molecular formula is C18H21N3S2. The maximum atomic E-state index is 4.70. The SMILES string of the molecule is Cc1ccc(Nc2nc(CN(C)C(C)c3cccs3)cs2)cc1. The predicted molar refractivity (Wildman–Crippen MR) is 101 cm³/mol. The number of hydrogen-bond acceptors (Lipinski definition) is 5. The molecule has 2 heterocycles. The van der Waals surface area contributed by atoms with Gasteiger partial charge in [-0.05, 0) is 44.5 Å². The van der Waals surface area contributed by atoms with Crippen molar-refractivity contribution < 1.29 is 0 Å². The average molecular weight is 344 g/mol. The smallest absolute Gasteiger partial charge is 0.187 e. The van der Waals surface area contributed by atoms with Crippen molar-refractivity contribution in [1.82, 2.24) is 9.88 Å². The summed E-state index contributed by atoms with van der Waals surface area (Å²) >= 11 is 3.46. The Labute approximate surface area is 145 Å². The van der Waals surface area contributed by atoms with Crippen LogP contribution in [0.1, 0.15) is 29.1 Å². The van der Waals surface area contributed by atoms with Crippen LogP contribution in [-0.2, 0) is 6.54 Å². The van der Waals surface area contributed by atoms with Crippen molar-refractivity contribution >= 4 is 33.5 Å². The van der Waals surface area contributed by atoms with Gasteiger partial charge in [-0.15, -0.1) is 22.7 Å². The van der Waals surface area contributed by atoms with Crippen LogP contribution >= 0.6 is 22.7 Å². The molecule has 0 saturated carbocycles. The highest BCUT2D eigenvalue weighted by Crippen LogP contribution is 2.26. The molecular weight excluding hydrogens is 322 g/mol. The average Bonchev–Trinajstić information content (AvgIpc) is 3.21. The second-order valence-corrected chi connectivity index (χ2v) is 7.58. The van der Waals surface area contributed by atoms with Gasteiger partial charge in [-0.25, -0.2) is 4.98 Å². The molecule has 0 amide bonds. The first kappa shape index (κ1) is 16.2. The van der Waals surface area contributed by atoms with E-state index in [9.17, 15) is 0 Å². The first-order chi connectivity index (χ1) is 11.1. The lowest BCUT2D eigenvalue weighted by Gasteiger charge is -2.22. The van der Waals surface area contributed by atoms with Crippen LogP contribution in [0, 0.1) is 6.92 Å². The van der Waals surface area contributed by atoms with E-state index in [0.29, 0.717) is 6.04 Å². The molecule has 1 N–H and O–H groups in total. The summed E-state index contributed by atoms with van der Waals surface area (Å²) in [5.74, 6) is 0. The van der Waals surface area contributed by atoms with E-state index >= 15 is 0 Å². The number of thiophene rings is 1. The highest BCUT2D eigenvalue weighted by Gasteiger charge is 2.14. The van der Waals surface area contributed by atoms with Gasteiger partial charge in [0, 0.05) is 28.5 Å². The zero-order valence-electron chi connectivity index (χ0n) is 13.6. The number of aromatic nitrogens is 1. The standard InChI is InChI=1S/C18H21N3S2/c1-13-6-8-15(9-7-13)19-18-20-16(12-23-18)11-21(3)14(2)17-5-4-10-22-17/h4-10,12,14H,11H2,1-3H3,(H,19,20). The normalized spacial score (nSPS) is 12.5. The summed E-state index contributed by atoms with van der Waals surface area (Å²) in [7, 11) is 2.15. The minimum atomic E-state index is 0.408. The van der Waals surface area contributed by atoms with Gasteiger partial charge in [0.15, 0.2) is 5.13 Å². The maximum Gasteiger partial charge on any atom is 0.187 e. The number of nitrogens with one attached hydrogen (secondary N) is 1. The lowest BCUT2D eigenvalue weighted by atomic mass is 10.2. The monoisotopic (exact) mass is 343 g/mol. The number of thiazole rings is 1. The number of rotatable bonds is 6. The Kier molecular flexibility index (Phi) is 5.10. The molecule has 0 spiro atoms. The van der Waals surface area contributed by atoms with Crippen molar-refractivity contribution in [3.63, 3.8) is 0 Å². The first-order valence-corrected chi connectivity index (χ1v) is 9.39. The fourth-order valence-corrected chi connectivity index (χ4v) is 3.91. The van der Waals surface area contributed by atoms with Crippen molar-refractivity contribution in [1.29, 1.82) is 0 Å². The van der Waals surface area contributed by atoms with E-state index in [1.165, 1.54) is 10.4 Å². The van der Waals surface area contributed by atoms with Crippen molar-refractivity contribution in [3.05, 3.63) is 63.3 Å². The molecule has 0 aliphatic heterocycles. The molecule has 3 rings (SSSR count). The Bertz CT molecular complexity index is 732. The van der Waals surface area contributed by atoms with Crippen molar-refractivity contribution in [2.75, 3.05) is 12.4 Å². The minimum Gasteiger partial charge on any atom is -0.332 e. The van der Waals surface area contributed by atoms with Gasteiger partial charge < -0.3 is 5.32 Å². The van der Waals surface area contributed by atoms with Crippen molar-refractivity contribution in [2.24, 2.45) is 0 Å². The summed E-state index contributed by atoms with van der Waals surface area (Å²) in [5.41, 5.74) is 3.45. The molecule has 23 heavy (non-hydrogen) atoms. The zero-order valence-corrected chi connectivity index (χ0v) is 15.2. The maximum absolute atomic E-state index is 4.70. The third kappa shape index (κ3) is 4.19. The van der Waals surface area contributed by atoms with Gasteiger partial charge in [0.2, 0.25) is 0 Å². The van der Waals surface area contributed by atoms with Gasteiger partial charge >= 0.3 is 0 Å². The molecule has 0 aliphatic carbocycles. The van der Waals surface area contributed by atoms with E-state index < -0.39 is 0 Å². The Balaban J connectivity index is 1.61. The number of anilines is 2. The highest BCUT2D eigenvalue weighted by atomic mass is 32.1. The molecule has 2 aromatic heterocycles. The Hall–Kier alpha value is -1.69.